The van der Waals surface area contributed by atoms with E-state index in [2.05, 4.69) is 5.32 Å². The molecule has 0 aliphatic carbocycles. The van der Waals surface area contributed by atoms with Crippen LogP contribution in [-0.2, 0) is 29.3 Å². The summed E-state index contributed by atoms with van der Waals surface area (Å²) in [5.74, 6) is -0.742. The summed E-state index contributed by atoms with van der Waals surface area (Å²) >= 11 is 0. The van der Waals surface area contributed by atoms with Crippen LogP contribution in [0.1, 0.15) is 59.4 Å². The van der Waals surface area contributed by atoms with Gasteiger partial charge in [-0.1, -0.05) is 17.7 Å². The highest BCUT2D eigenvalue weighted by atomic mass is 16.6. The van der Waals surface area contributed by atoms with Crippen molar-refractivity contribution in [1.82, 2.24) is 9.80 Å². The fourth-order valence-electron chi connectivity index (χ4n) is 5.85. The highest BCUT2D eigenvalue weighted by Crippen LogP contribution is 2.52. The summed E-state index contributed by atoms with van der Waals surface area (Å²) in [5, 5.41) is 2.94. The zero-order valence-electron chi connectivity index (χ0n) is 23.1. The Labute approximate surface area is 223 Å². The number of carbonyl (C=O) groups is 4. The molecule has 2 saturated heterocycles. The van der Waals surface area contributed by atoms with Crippen LogP contribution < -0.4 is 10.1 Å². The number of allylic oxidation sites excluding steroid dienone is 1. The van der Waals surface area contributed by atoms with E-state index in [9.17, 15) is 19.2 Å². The van der Waals surface area contributed by atoms with Crippen LogP contribution in [0.5, 0.6) is 5.75 Å². The van der Waals surface area contributed by atoms with Crippen LogP contribution >= 0.6 is 0 Å². The van der Waals surface area contributed by atoms with Gasteiger partial charge in [0.25, 0.3) is 0 Å². The molecule has 3 aliphatic heterocycles. The highest BCUT2D eigenvalue weighted by Gasteiger charge is 2.64. The molecular formula is C28H37N3O7. The Bertz CT molecular complexity index is 1180. The molecule has 0 aromatic heterocycles. The Morgan fingerprint density at radius 2 is 1.84 bits per heavy atom. The van der Waals surface area contributed by atoms with Gasteiger partial charge in [-0.05, 0) is 65.5 Å². The van der Waals surface area contributed by atoms with Gasteiger partial charge in [0, 0.05) is 18.3 Å². The molecular weight excluding hydrogens is 490 g/mol. The zero-order valence-corrected chi connectivity index (χ0v) is 23.1. The lowest BCUT2D eigenvalue weighted by Crippen LogP contribution is -2.56. The Morgan fingerprint density at radius 1 is 1.13 bits per heavy atom. The summed E-state index contributed by atoms with van der Waals surface area (Å²) in [6.45, 7) is 9.43. The third-order valence-corrected chi connectivity index (χ3v) is 7.40. The molecule has 1 aromatic rings. The summed E-state index contributed by atoms with van der Waals surface area (Å²) in [6, 6.07) is 2.69. The molecule has 4 rings (SSSR count). The molecule has 4 atom stereocenters. The molecule has 1 aromatic carbocycles. The number of ether oxygens (including phenoxy) is 3. The lowest BCUT2D eigenvalue weighted by atomic mass is 9.73. The van der Waals surface area contributed by atoms with Gasteiger partial charge in [0.05, 0.1) is 20.3 Å². The predicted octanol–water partition coefficient (Wildman–Crippen LogP) is 3.39. The maximum atomic E-state index is 14.3. The third kappa shape index (κ3) is 4.61. The molecule has 0 bridgehead atoms. The number of nitrogens with zero attached hydrogens (tertiary/aromatic N) is 2. The molecule has 3 amide bonds. The molecule has 2 fully saturated rings. The first-order valence-electron chi connectivity index (χ1n) is 12.9. The smallest absolute Gasteiger partial charge is 0.410 e. The first-order chi connectivity index (χ1) is 17.8. The molecule has 10 nitrogen and oxygen atoms in total. The Kier molecular flexibility index (Phi) is 7.20. The number of esters is 1. The first-order valence-corrected chi connectivity index (χ1v) is 12.9. The summed E-state index contributed by atoms with van der Waals surface area (Å²) in [5.41, 5.74) is 0.198. The number of carbonyl (C=O) groups excluding carboxylic acids is 4. The quantitative estimate of drug-likeness (QED) is 0.472. The van der Waals surface area contributed by atoms with E-state index in [0.29, 0.717) is 36.4 Å². The minimum Gasteiger partial charge on any atom is -0.497 e. The third-order valence-electron chi connectivity index (χ3n) is 7.40. The fourth-order valence-corrected chi connectivity index (χ4v) is 5.85. The van der Waals surface area contributed by atoms with E-state index in [4.69, 9.17) is 14.2 Å². The molecule has 3 heterocycles. The van der Waals surface area contributed by atoms with E-state index >= 15 is 0 Å². The monoisotopic (exact) mass is 527 g/mol. The van der Waals surface area contributed by atoms with Crippen molar-refractivity contribution in [3.8, 4) is 5.75 Å². The topological polar surface area (TPSA) is 114 Å². The van der Waals surface area contributed by atoms with Crippen LogP contribution in [0.4, 0.5) is 10.5 Å². The Balaban J connectivity index is 1.82. The van der Waals surface area contributed by atoms with E-state index in [0.717, 1.165) is 5.57 Å². The molecule has 1 N–H and O–H groups in total. The second-order valence-electron chi connectivity index (χ2n) is 11.3. The number of benzene rings is 1. The van der Waals surface area contributed by atoms with Gasteiger partial charge >= 0.3 is 12.1 Å². The number of methoxy groups -OCH3 is 2. The minimum absolute atomic E-state index is 0.0458. The average molecular weight is 528 g/mol. The fraction of sp³-hybridized carbons (Fsp3) is 0.571. The number of rotatable bonds is 4. The second-order valence-corrected chi connectivity index (χ2v) is 11.3. The van der Waals surface area contributed by atoms with Crippen molar-refractivity contribution in [2.75, 3.05) is 26.1 Å². The lowest BCUT2D eigenvalue weighted by Gasteiger charge is -2.36. The number of nitrogens with one attached hydrogen (secondary N) is 1. The largest absolute Gasteiger partial charge is 0.497 e. The summed E-state index contributed by atoms with van der Waals surface area (Å²) in [6.07, 6.45) is 2.37. The van der Waals surface area contributed by atoms with Crippen molar-refractivity contribution in [3.63, 3.8) is 0 Å². The lowest BCUT2D eigenvalue weighted by molar-refractivity contribution is -0.153. The first kappa shape index (κ1) is 27.5. The van der Waals surface area contributed by atoms with E-state index in [1.807, 2.05) is 26.0 Å². The number of hydrogen-bond acceptors (Lipinski definition) is 7. The van der Waals surface area contributed by atoms with E-state index in [1.54, 1.807) is 40.0 Å². The van der Waals surface area contributed by atoms with Crippen molar-refractivity contribution in [2.45, 2.75) is 83.0 Å². The average Bonchev–Trinajstić information content (AvgIpc) is 3.52. The maximum Gasteiger partial charge on any atom is 0.410 e. The van der Waals surface area contributed by atoms with Gasteiger partial charge in [0.2, 0.25) is 11.8 Å². The number of fused-ring (bicyclic) bond motifs is 2. The van der Waals surface area contributed by atoms with Gasteiger partial charge in [-0.3, -0.25) is 14.5 Å². The van der Waals surface area contributed by atoms with Gasteiger partial charge in [-0.15, -0.1) is 0 Å². The SMILES string of the molecule is COC(=O)C1C[C@@]2(C(=O)Nc3cc(OC)ccc32)[C@@H](C=C(C)C)N1C(=O)[C@@H]1CCCN1C(=O)OC(C)(C)C. The molecule has 10 heteroatoms. The molecule has 0 saturated carbocycles. The number of likely N-dealkylation sites (tertiary alicyclic amines) is 2. The van der Waals surface area contributed by atoms with E-state index < -0.39 is 47.1 Å². The van der Waals surface area contributed by atoms with Gasteiger partial charge in [0.1, 0.15) is 28.8 Å². The molecule has 0 radical (unpaired) electrons. The summed E-state index contributed by atoms with van der Waals surface area (Å²) in [7, 11) is 2.81. The molecule has 1 unspecified atom stereocenters. The Morgan fingerprint density at radius 3 is 2.45 bits per heavy atom. The van der Waals surface area contributed by atoms with Gasteiger partial charge in [-0.25, -0.2) is 9.59 Å². The standard InChI is InChI=1S/C28H37N3O7/c1-16(2)13-22-28(18-11-10-17(36-6)14-19(18)29-25(28)34)15-21(24(33)37-7)31(22)23(32)20-9-8-12-30(20)26(35)38-27(3,4)5/h10-11,13-14,20-22H,8-9,12,15H2,1-7H3,(H,29,34)/t20-,21?,22+,28-/m0/s1. The van der Waals surface area contributed by atoms with Gasteiger partial charge < -0.3 is 24.4 Å². The molecule has 206 valence electrons. The van der Waals surface area contributed by atoms with Crippen molar-refractivity contribution in [2.24, 2.45) is 0 Å². The van der Waals surface area contributed by atoms with Crippen molar-refractivity contribution in [3.05, 3.63) is 35.4 Å². The Hall–Kier alpha value is -3.56. The summed E-state index contributed by atoms with van der Waals surface area (Å²) in [4.78, 5) is 57.1. The van der Waals surface area contributed by atoms with E-state index in [1.165, 1.54) is 16.9 Å². The van der Waals surface area contributed by atoms with Gasteiger partial charge in [0.15, 0.2) is 0 Å². The molecule has 38 heavy (non-hydrogen) atoms. The number of hydrogen-bond donors (Lipinski definition) is 1. The van der Waals surface area contributed by atoms with Crippen molar-refractivity contribution < 1.29 is 33.4 Å². The van der Waals surface area contributed by atoms with Crippen LogP contribution in [0.25, 0.3) is 0 Å². The normalized spacial score (nSPS) is 26.2. The van der Waals surface area contributed by atoms with Crippen LogP contribution in [0.3, 0.4) is 0 Å². The van der Waals surface area contributed by atoms with Crippen molar-refractivity contribution in [1.29, 1.82) is 0 Å². The van der Waals surface area contributed by atoms with Crippen LogP contribution in [0, 0.1) is 0 Å². The van der Waals surface area contributed by atoms with Crippen molar-refractivity contribution >= 4 is 29.6 Å². The maximum absolute atomic E-state index is 14.3. The predicted molar refractivity (Wildman–Crippen MR) is 140 cm³/mol. The van der Waals surface area contributed by atoms with Crippen LogP contribution in [0.2, 0.25) is 0 Å². The highest BCUT2D eigenvalue weighted by molar-refractivity contribution is 6.09. The van der Waals surface area contributed by atoms with Crippen LogP contribution in [-0.4, -0.2) is 78.2 Å². The van der Waals surface area contributed by atoms with Gasteiger partial charge in [-0.2, -0.15) is 0 Å². The molecule has 1 spiro atoms. The molecule has 3 aliphatic rings. The van der Waals surface area contributed by atoms with Crippen LogP contribution in [0.15, 0.2) is 29.8 Å². The zero-order chi connectivity index (χ0) is 28.0. The number of anilines is 1. The number of amides is 3. The minimum atomic E-state index is -1.22. The summed E-state index contributed by atoms with van der Waals surface area (Å²) < 4.78 is 16.0. The second kappa shape index (κ2) is 9.96. The van der Waals surface area contributed by atoms with E-state index in [-0.39, 0.29) is 12.3 Å².